The molecule has 4 heterocycles. The summed E-state index contributed by atoms with van der Waals surface area (Å²) in [6.07, 6.45) is 1.57. The molecule has 0 unspecified atom stereocenters. The number of carbonyl (C=O) groups is 2. The molecular weight excluding hydrogens is 505 g/mol. The van der Waals surface area contributed by atoms with Gasteiger partial charge < -0.3 is 24.8 Å². The third kappa shape index (κ3) is 3.57. The lowest BCUT2D eigenvalue weighted by atomic mass is 9.74. The van der Waals surface area contributed by atoms with Gasteiger partial charge in [-0.1, -0.05) is 6.92 Å². The Labute approximate surface area is 223 Å². The summed E-state index contributed by atoms with van der Waals surface area (Å²) >= 11 is 0. The minimum atomic E-state index is -1.95. The van der Waals surface area contributed by atoms with Crippen LogP contribution < -0.4 is 10.9 Å². The van der Waals surface area contributed by atoms with Gasteiger partial charge in [0.15, 0.2) is 5.60 Å². The maximum atomic E-state index is 15.1. The number of esters is 1. The number of hydrogen-bond donors (Lipinski definition) is 3. The molecular formula is C29H30FN3O6. The normalized spacial score (nSPS) is 21.7. The molecule has 1 aliphatic carbocycles. The van der Waals surface area contributed by atoms with E-state index in [2.05, 4.69) is 5.32 Å². The number of hydrogen-bond acceptors (Lipinski definition) is 7. The van der Waals surface area contributed by atoms with Crippen molar-refractivity contribution in [2.45, 2.75) is 77.2 Å². The Hall–Kier alpha value is -3.63. The van der Waals surface area contributed by atoms with Gasteiger partial charge in [0.2, 0.25) is 5.91 Å². The highest BCUT2D eigenvalue weighted by molar-refractivity contribution is 5.93. The fourth-order valence-corrected chi connectivity index (χ4v) is 6.77. The zero-order valence-corrected chi connectivity index (χ0v) is 22.1. The number of cyclic esters (lactones) is 1. The van der Waals surface area contributed by atoms with Crippen molar-refractivity contribution >= 4 is 22.8 Å². The van der Waals surface area contributed by atoms with Crippen molar-refractivity contribution < 1.29 is 28.9 Å². The molecule has 3 atom stereocenters. The van der Waals surface area contributed by atoms with Gasteiger partial charge >= 0.3 is 5.97 Å². The Morgan fingerprint density at radius 2 is 2.08 bits per heavy atom. The zero-order valence-electron chi connectivity index (χ0n) is 22.1. The Bertz CT molecular complexity index is 1650. The second kappa shape index (κ2) is 8.96. The lowest BCUT2D eigenvalue weighted by Crippen LogP contribution is -2.44. The number of fused-ring (bicyclic) bond motifs is 5. The molecule has 3 aliphatic rings. The summed E-state index contributed by atoms with van der Waals surface area (Å²) in [4.78, 5) is 43.2. The molecule has 1 aromatic carbocycles. The number of pyridine rings is 2. The van der Waals surface area contributed by atoms with E-state index in [9.17, 15) is 24.6 Å². The van der Waals surface area contributed by atoms with E-state index in [1.54, 1.807) is 24.5 Å². The number of nitrogens with one attached hydrogen (secondary N) is 1. The van der Waals surface area contributed by atoms with Gasteiger partial charge in [-0.15, -0.1) is 0 Å². The van der Waals surface area contributed by atoms with E-state index in [1.807, 2.05) is 0 Å². The van der Waals surface area contributed by atoms with Crippen molar-refractivity contribution in [2.24, 2.45) is 0 Å². The van der Waals surface area contributed by atoms with Crippen LogP contribution in [0.4, 0.5) is 4.39 Å². The number of rotatable bonds is 5. The lowest BCUT2D eigenvalue weighted by Gasteiger charge is -2.34. The monoisotopic (exact) mass is 535 g/mol. The van der Waals surface area contributed by atoms with Gasteiger partial charge in [0, 0.05) is 48.1 Å². The van der Waals surface area contributed by atoms with E-state index < -0.39 is 11.6 Å². The summed E-state index contributed by atoms with van der Waals surface area (Å²) in [7, 11) is 0. The SMILES string of the molecule is CC[C@@]1(O)C(=O)OCc2c1cc1n(c2=O)Cc2c-1nc1cc(F)c(C)c3c1c2[C@H]([C@@H](CCO)NC(C)=O)CC3. The summed E-state index contributed by atoms with van der Waals surface area (Å²) in [6, 6.07) is 2.67. The molecule has 1 amide bonds. The fourth-order valence-electron chi connectivity index (χ4n) is 6.77. The number of benzene rings is 1. The summed E-state index contributed by atoms with van der Waals surface area (Å²) < 4.78 is 21.8. The van der Waals surface area contributed by atoms with E-state index in [-0.39, 0.29) is 66.5 Å². The molecule has 0 radical (unpaired) electrons. The smallest absolute Gasteiger partial charge is 0.343 e. The molecule has 3 N–H and O–H groups in total. The number of aliphatic hydroxyl groups is 2. The molecule has 10 heteroatoms. The van der Waals surface area contributed by atoms with Crippen LogP contribution >= 0.6 is 0 Å². The number of nitrogens with zero attached hydrogens (tertiary/aromatic N) is 2. The second-order valence-corrected chi connectivity index (χ2v) is 10.8. The van der Waals surface area contributed by atoms with Crippen LogP contribution in [0.5, 0.6) is 0 Å². The van der Waals surface area contributed by atoms with E-state index in [0.29, 0.717) is 41.7 Å². The third-order valence-corrected chi connectivity index (χ3v) is 8.74. The topological polar surface area (TPSA) is 131 Å². The number of aliphatic hydroxyl groups excluding tert-OH is 1. The maximum absolute atomic E-state index is 15.1. The van der Waals surface area contributed by atoms with E-state index in [1.165, 1.54) is 13.0 Å². The predicted octanol–water partition coefficient (Wildman–Crippen LogP) is 2.44. The Morgan fingerprint density at radius 3 is 2.77 bits per heavy atom. The minimum Gasteiger partial charge on any atom is -0.458 e. The molecule has 0 spiro atoms. The number of aryl methyl sites for hydroxylation is 1. The van der Waals surface area contributed by atoms with Crippen LogP contribution in [0.2, 0.25) is 0 Å². The zero-order chi connectivity index (χ0) is 27.8. The third-order valence-electron chi connectivity index (χ3n) is 8.74. The number of aromatic nitrogens is 2. The standard InChI is InChI=1S/C29H30FN3O6/c1-4-29(38)19-9-23-26-17(11-33(23)27(36)18(19)12-39-28(29)37)24-16(21(7-8-34)31-14(3)35)6-5-15-13(2)20(30)10-22(32-26)25(15)24/h9-10,16,21,34,38H,4-8,11-12H2,1-3H3,(H,31,35)/t16-,21+,29-/m0/s1. The maximum Gasteiger partial charge on any atom is 0.343 e. The van der Waals surface area contributed by atoms with Crippen LogP contribution in [0.3, 0.4) is 0 Å². The molecule has 0 saturated heterocycles. The van der Waals surface area contributed by atoms with Crippen LogP contribution in [0.25, 0.3) is 22.3 Å². The molecule has 2 aliphatic heterocycles. The van der Waals surface area contributed by atoms with Gasteiger partial charge in [0.1, 0.15) is 12.4 Å². The van der Waals surface area contributed by atoms with Crippen LogP contribution in [0, 0.1) is 12.7 Å². The molecule has 9 nitrogen and oxygen atoms in total. The summed E-state index contributed by atoms with van der Waals surface area (Å²) in [6.45, 7) is 4.68. The van der Waals surface area contributed by atoms with E-state index in [4.69, 9.17) is 9.72 Å². The fraction of sp³-hybridized carbons (Fsp3) is 0.448. The van der Waals surface area contributed by atoms with Gasteiger partial charge in [0.25, 0.3) is 5.56 Å². The number of halogens is 1. The molecule has 0 fully saturated rings. The highest BCUT2D eigenvalue weighted by Gasteiger charge is 2.46. The molecule has 0 saturated carbocycles. The van der Waals surface area contributed by atoms with Gasteiger partial charge in [-0.2, -0.15) is 0 Å². The van der Waals surface area contributed by atoms with Crippen molar-refractivity contribution in [3.63, 3.8) is 0 Å². The summed E-state index contributed by atoms with van der Waals surface area (Å²) in [5.74, 6) is -1.58. The highest BCUT2D eigenvalue weighted by Crippen LogP contribution is 2.47. The summed E-state index contributed by atoms with van der Waals surface area (Å²) in [5.41, 5.74) is 2.58. The van der Waals surface area contributed by atoms with Crippen molar-refractivity contribution in [2.75, 3.05) is 6.61 Å². The van der Waals surface area contributed by atoms with Crippen molar-refractivity contribution in [1.82, 2.24) is 14.9 Å². The largest absolute Gasteiger partial charge is 0.458 e. The molecule has 204 valence electrons. The van der Waals surface area contributed by atoms with Crippen molar-refractivity contribution in [3.8, 4) is 11.4 Å². The van der Waals surface area contributed by atoms with Gasteiger partial charge in [-0.3, -0.25) is 9.59 Å². The van der Waals surface area contributed by atoms with Gasteiger partial charge in [-0.05, 0) is 55.4 Å². The Kier molecular flexibility index (Phi) is 5.89. The number of amides is 1. The molecule has 3 aromatic rings. The average molecular weight is 536 g/mol. The van der Waals surface area contributed by atoms with Gasteiger partial charge in [-0.25, -0.2) is 14.2 Å². The Balaban J connectivity index is 1.66. The molecule has 2 aromatic heterocycles. The average Bonchev–Trinajstić information content (AvgIpc) is 3.28. The highest BCUT2D eigenvalue weighted by atomic mass is 19.1. The van der Waals surface area contributed by atoms with Crippen molar-refractivity contribution in [3.05, 3.63) is 61.7 Å². The number of carbonyl (C=O) groups excluding carboxylic acids is 2. The molecule has 39 heavy (non-hydrogen) atoms. The first-order chi connectivity index (χ1) is 18.6. The van der Waals surface area contributed by atoms with E-state index in [0.717, 1.165) is 22.1 Å². The van der Waals surface area contributed by atoms with Crippen LogP contribution in [-0.2, 0) is 39.5 Å². The molecule has 6 rings (SSSR count). The first kappa shape index (κ1) is 25.6. The Morgan fingerprint density at radius 1 is 1.31 bits per heavy atom. The predicted molar refractivity (Wildman–Crippen MR) is 140 cm³/mol. The van der Waals surface area contributed by atoms with Crippen molar-refractivity contribution in [1.29, 1.82) is 0 Å². The first-order valence-corrected chi connectivity index (χ1v) is 13.3. The molecule has 0 bridgehead atoms. The van der Waals surface area contributed by atoms with Gasteiger partial charge in [0.05, 0.1) is 29.0 Å². The quantitative estimate of drug-likeness (QED) is 0.335. The van der Waals surface area contributed by atoms with Crippen LogP contribution in [0.15, 0.2) is 16.9 Å². The second-order valence-electron chi connectivity index (χ2n) is 10.8. The van der Waals surface area contributed by atoms with Crippen LogP contribution in [-0.4, -0.2) is 44.3 Å². The minimum absolute atomic E-state index is 0.0282. The van der Waals surface area contributed by atoms with Crippen LogP contribution in [0.1, 0.15) is 72.4 Å². The first-order valence-electron chi connectivity index (χ1n) is 13.3. The number of ether oxygens (including phenoxy) is 1. The summed E-state index contributed by atoms with van der Waals surface area (Å²) in [5, 5.41) is 24.8. The lowest BCUT2D eigenvalue weighted by molar-refractivity contribution is -0.172. The van der Waals surface area contributed by atoms with E-state index >= 15 is 4.39 Å².